The number of pyridine rings is 1. The Morgan fingerprint density at radius 1 is 1.20 bits per heavy atom. The quantitative estimate of drug-likeness (QED) is 0.801. The molecule has 5 nitrogen and oxygen atoms in total. The predicted molar refractivity (Wildman–Crippen MR) is 77.8 cm³/mol. The highest BCUT2D eigenvalue weighted by atomic mass is 32.1. The van der Waals surface area contributed by atoms with Gasteiger partial charge in [0.15, 0.2) is 0 Å². The summed E-state index contributed by atoms with van der Waals surface area (Å²) >= 11 is 1.41. The van der Waals surface area contributed by atoms with Crippen LogP contribution < -0.4 is 5.32 Å². The molecule has 0 saturated carbocycles. The van der Waals surface area contributed by atoms with E-state index < -0.39 is 0 Å². The summed E-state index contributed by atoms with van der Waals surface area (Å²) in [4.78, 5) is 16.9. The Balaban J connectivity index is 1.75. The zero-order chi connectivity index (χ0) is 13.8. The Kier molecular flexibility index (Phi) is 3.56. The second kappa shape index (κ2) is 5.66. The molecule has 3 heterocycles. The molecule has 0 unspecified atom stereocenters. The fourth-order valence-corrected chi connectivity index (χ4v) is 2.41. The van der Waals surface area contributed by atoms with E-state index in [2.05, 4.69) is 15.4 Å². The molecule has 0 aliphatic rings. The average Bonchev–Trinajstić information content (AvgIpc) is 3.12. The van der Waals surface area contributed by atoms with Gasteiger partial charge in [0.1, 0.15) is 5.82 Å². The minimum Gasteiger partial charge on any atom is -0.306 e. The molecule has 0 aliphatic heterocycles. The number of nitrogens with zero attached hydrogens (tertiary/aromatic N) is 3. The molecule has 0 atom stereocenters. The number of thiophene rings is 1. The van der Waals surface area contributed by atoms with Gasteiger partial charge in [0.05, 0.1) is 23.3 Å². The molecule has 0 saturated heterocycles. The maximum Gasteiger partial charge on any atom is 0.266 e. The minimum absolute atomic E-state index is 0.122. The molecule has 3 aromatic heterocycles. The molecule has 20 heavy (non-hydrogen) atoms. The van der Waals surface area contributed by atoms with Crippen LogP contribution in [0.25, 0.3) is 0 Å². The van der Waals surface area contributed by atoms with Gasteiger partial charge in [-0.05, 0) is 23.6 Å². The normalized spacial score (nSPS) is 10.4. The van der Waals surface area contributed by atoms with Crippen molar-refractivity contribution < 1.29 is 4.79 Å². The van der Waals surface area contributed by atoms with Crippen molar-refractivity contribution in [2.45, 2.75) is 6.54 Å². The van der Waals surface area contributed by atoms with E-state index in [1.165, 1.54) is 11.3 Å². The summed E-state index contributed by atoms with van der Waals surface area (Å²) in [6.45, 7) is 0.522. The van der Waals surface area contributed by atoms with E-state index in [0.29, 0.717) is 17.2 Å². The molecular formula is C14H12N4OS. The van der Waals surface area contributed by atoms with Crippen molar-refractivity contribution in [2.24, 2.45) is 0 Å². The molecule has 6 heteroatoms. The molecule has 100 valence electrons. The number of rotatable bonds is 4. The molecule has 1 N–H and O–H groups in total. The average molecular weight is 284 g/mol. The maximum absolute atomic E-state index is 12.0. The van der Waals surface area contributed by atoms with Crippen molar-refractivity contribution in [3.8, 4) is 0 Å². The van der Waals surface area contributed by atoms with Crippen LogP contribution in [0.2, 0.25) is 0 Å². The SMILES string of the molecule is O=C(Nc1ccnn1Cc1ccccn1)c1cccs1. The number of anilines is 1. The molecule has 0 bridgehead atoms. The van der Waals surface area contributed by atoms with Crippen molar-refractivity contribution in [1.29, 1.82) is 0 Å². The van der Waals surface area contributed by atoms with Crippen LogP contribution in [0.5, 0.6) is 0 Å². The van der Waals surface area contributed by atoms with Crippen molar-refractivity contribution >= 4 is 23.1 Å². The van der Waals surface area contributed by atoms with Gasteiger partial charge in [-0.1, -0.05) is 12.1 Å². The summed E-state index contributed by atoms with van der Waals surface area (Å²) < 4.78 is 1.72. The highest BCUT2D eigenvalue weighted by Crippen LogP contribution is 2.13. The molecule has 0 radical (unpaired) electrons. The lowest BCUT2D eigenvalue weighted by molar-refractivity contribution is 0.102. The lowest BCUT2D eigenvalue weighted by Gasteiger charge is -2.07. The number of carbonyl (C=O) groups excluding carboxylic acids is 1. The van der Waals surface area contributed by atoms with Crippen molar-refractivity contribution in [1.82, 2.24) is 14.8 Å². The van der Waals surface area contributed by atoms with Crippen LogP contribution in [0, 0.1) is 0 Å². The Labute approximate surface area is 119 Å². The number of carbonyl (C=O) groups is 1. The van der Waals surface area contributed by atoms with Crippen LogP contribution in [-0.2, 0) is 6.54 Å². The third kappa shape index (κ3) is 2.75. The van der Waals surface area contributed by atoms with E-state index in [4.69, 9.17) is 0 Å². The number of nitrogens with one attached hydrogen (secondary N) is 1. The predicted octanol–water partition coefficient (Wildman–Crippen LogP) is 2.64. The molecular weight excluding hydrogens is 272 g/mol. The number of amides is 1. The lowest BCUT2D eigenvalue weighted by atomic mass is 10.3. The molecule has 0 fully saturated rings. The summed E-state index contributed by atoms with van der Waals surface area (Å²) in [6.07, 6.45) is 3.40. The first kappa shape index (κ1) is 12.6. The first-order valence-electron chi connectivity index (χ1n) is 6.09. The largest absolute Gasteiger partial charge is 0.306 e. The standard InChI is InChI=1S/C14H12N4OS/c19-14(12-5-3-9-20-12)17-13-6-8-16-18(13)10-11-4-1-2-7-15-11/h1-9H,10H2,(H,17,19). The highest BCUT2D eigenvalue weighted by molar-refractivity contribution is 7.12. The zero-order valence-electron chi connectivity index (χ0n) is 10.6. The Morgan fingerprint density at radius 2 is 2.15 bits per heavy atom. The van der Waals surface area contributed by atoms with Gasteiger partial charge in [-0.15, -0.1) is 11.3 Å². The van der Waals surface area contributed by atoms with Crippen molar-refractivity contribution in [2.75, 3.05) is 5.32 Å². The topological polar surface area (TPSA) is 59.8 Å². The fourth-order valence-electron chi connectivity index (χ4n) is 1.80. The molecule has 0 aliphatic carbocycles. The molecule has 3 rings (SSSR count). The van der Waals surface area contributed by atoms with Gasteiger partial charge >= 0.3 is 0 Å². The van der Waals surface area contributed by atoms with Crippen LogP contribution in [0.15, 0.2) is 54.2 Å². The Bertz CT molecular complexity index is 691. The highest BCUT2D eigenvalue weighted by Gasteiger charge is 2.10. The van der Waals surface area contributed by atoms with E-state index in [-0.39, 0.29) is 5.91 Å². The lowest BCUT2D eigenvalue weighted by Crippen LogP contribution is -2.15. The van der Waals surface area contributed by atoms with Crippen LogP contribution in [0.3, 0.4) is 0 Å². The minimum atomic E-state index is -0.122. The van der Waals surface area contributed by atoms with E-state index in [0.717, 1.165) is 5.69 Å². The van der Waals surface area contributed by atoms with Gasteiger partial charge in [-0.25, -0.2) is 4.68 Å². The number of hydrogen-bond acceptors (Lipinski definition) is 4. The summed E-state index contributed by atoms with van der Waals surface area (Å²) in [6, 6.07) is 11.1. The van der Waals surface area contributed by atoms with Gasteiger partial charge in [0.25, 0.3) is 5.91 Å². The summed E-state index contributed by atoms with van der Waals surface area (Å²) in [5.41, 5.74) is 0.892. The second-order valence-electron chi connectivity index (χ2n) is 4.13. The third-order valence-electron chi connectivity index (χ3n) is 2.74. The van der Waals surface area contributed by atoms with E-state index in [1.54, 1.807) is 29.2 Å². The van der Waals surface area contributed by atoms with E-state index >= 15 is 0 Å². The van der Waals surface area contributed by atoms with Crippen LogP contribution in [0.4, 0.5) is 5.82 Å². The summed E-state index contributed by atoms with van der Waals surface area (Å²) in [7, 11) is 0. The van der Waals surface area contributed by atoms with Gasteiger partial charge in [0, 0.05) is 12.3 Å². The number of aromatic nitrogens is 3. The van der Waals surface area contributed by atoms with Gasteiger partial charge < -0.3 is 5.32 Å². The fraction of sp³-hybridized carbons (Fsp3) is 0.0714. The van der Waals surface area contributed by atoms with Gasteiger partial charge in [-0.2, -0.15) is 5.10 Å². The zero-order valence-corrected chi connectivity index (χ0v) is 11.4. The summed E-state index contributed by atoms with van der Waals surface area (Å²) in [5, 5.41) is 8.94. The maximum atomic E-state index is 12.0. The molecule has 3 aromatic rings. The van der Waals surface area contributed by atoms with Crippen molar-refractivity contribution in [3.63, 3.8) is 0 Å². The third-order valence-corrected chi connectivity index (χ3v) is 3.61. The summed E-state index contributed by atoms with van der Waals surface area (Å²) in [5.74, 6) is 0.539. The van der Waals surface area contributed by atoms with Crippen LogP contribution in [0.1, 0.15) is 15.4 Å². The molecule has 0 aromatic carbocycles. The van der Waals surface area contributed by atoms with Crippen LogP contribution >= 0.6 is 11.3 Å². The van der Waals surface area contributed by atoms with Gasteiger partial charge in [-0.3, -0.25) is 9.78 Å². The smallest absolute Gasteiger partial charge is 0.266 e. The molecule has 1 amide bonds. The molecule has 0 spiro atoms. The first-order valence-corrected chi connectivity index (χ1v) is 6.97. The second-order valence-corrected chi connectivity index (χ2v) is 5.07. The Hall–Kier alpha value is -2.47. The van der Waals surface area contributed by atoms with Crippen molar-refractivity contribution in [3.05, 3.63) is 64.7 Å². The van der Waals surface area contributed by atoms with Crippen LogP contribution in [-0.4, -0.2) is 20.7 Å². The number of hydrogen-bond donors (Lipinski definition) is 1. The van der Waals surface area contributed by atoms with E-state index in [9.17, 15) is 4.79 Å². The first-order chi connectivity index (χ1) is 9.83. The van der Waals surface area contributed by atoms with Gasteiger partial charge in [0.2, 0.25) is 0 Å². The monoisotopic (exact) mass is 284 g/mol. The van der Waals surface area contributed by atoms with E-state index in [1.807, 2.05) is 29.6 Å². The Morgan fingerprint density at radius 3 is 2.90 bits per heavy atom.